The maximum atomic E-state index is 13.4. The van der Waals surface area contributed by atoms with Crippen molar-refractivity contribution in [1.82, 2.24) is 14.7 Å². The molecule has 1 aliphatic rings. The first-order valence-corrected chi connectivity index (χ1v) is 15.0. The summed E-state index contributed by atoms with van der Waals surface area (Å²) >= 11 is 0. The molecule has 1 saturated heterocycles. The topological polar surface area (TPSA) is 65.1 Å². The van der Waals surface area contributed by atoms with E-state index in [9.17, 15) is 9.59 Å². The number of ether oxygens (including phenoxy) is 1. The van der Waals surface area contributed by atoms with Gasteiger partial charge in [0, 0.05) is 57.4 Å². The van der Waals surface area contributed by atoms with Gasteiger partial charge in [-0.1, -0.05) is 97.1 Å². The molecule has 1 heterocycles. The van der Waals surface area contributed by atoms with E-state index in [1.807, 2.05) is 53.4 Å². The number of benzene rings is 4. The van der Waals surface area contributed by atoms with Crippen molar-refractivity contribution in [2.24, 2.45) is 0 Å². The Morgan fingerprint density at radius 3 is 1.98 bits per heavy atom. The molecule has 0 bridgehead atoms. The minimum Gasteiger partial charge on any atom is -0.497 e. The number of amides is 3. The van der Waals surface area contributed by atoms with E-state index in [1.165, 1.54) is 11.1 Å². The molecule has 1 aliphatic heterocycles. The summed E-state index contributed by atoms with van der Waals surface area (Å²) < 4.78 is 5.30. The lowest BCUT2D eigenvalue weighted by molar-refractivity contribution is -0.133. The number of anilines is 1. The second kappa shape index (κ2) is 15.0. The Labute approximate surface area is 254 Å². The van der Waals surface area contributed by atoms with E-state index in [2.05, 4.69) is 70.9 Å². The van der Waals surface area contributed by atoms with Crippen molar-refractivity contribution in [2.45, 2.75) is 18.9 Å². The van der Waals surface area contributed by atoms with E-state index in [1.54, 1.807) is 18.1 Å². The number of urea groups is 1. The molecule has 5 rings (SSSR count). The Bertz CT molecular complexity index is 1400. The molecule has 7 nitrogen and oxygen atoms in total. The molecule has 4 aromatic carbocycles. The lowest BCUT2D eigenvalue weighted by Crippen LogP contribution is -2.50. The first-order valence-electron chi connectivity index (χ1n) is 15.0. The van der Waals surface area contributed by atoms with Crippen molar-refractivity contribution in [3.63, 3.8) is 0 Å². The fraction of sp³-hybridized carbons (Fsp3) is 0.278. The SMILES string of the molecule is COc1cccc(NC(=O)N(CCC(=O)N2CCN(C(c3ccccc3)c3ccccc3)CC2)CCc2ccccc2)c1. The van der Waals surface area contributed by atoms with Crippen molar-refractivity contribution in [3.8, 4) is 5.75 Å². The van der Waals surface area contributed by atoms with Crippen LogP contribution >= 0.6 is 0 Å². The molecule has 0 saturated carbocycles. The van der Waals surface area contributed by atoms with E-state index in [4.69, 9.17) is 4.74 Å². The van der Waals surface area contributed by atoms with E-state index >= 15 is 0 Å². The highest BCUT2D eigenvalue weighted by molar-refractivity contribution is 5.90. The third kappa shape index (κ3) is 8.23. The van der Waals surface area contributed by atoms with Gasteiger partial charge in [-0.2, -0.15) is 0 Å². The zero-order valence-corrected chi connectivity index (χ0v) is 24.8. The van der Waals surface area contributed by atoms with E-state index in [0.29, 0.717) is 44.0 Å². The molecular formula is C36H40N4O3. The van der Waals surface area contributed by atoms with Gasteiger partial charge in [0.1, 0.15) is 5.75 Å². The molecule has 0 aliphatic carbocycles. The third-order valence-electron chi connectivity index (χ3n) is 7.98. The van der Waals surface area contributed by atoms with E-state index in [0.717, 1.165) is 18.7 Å². The van der Waals surface area contributed by atoms with Crippen molar-refractivity contribution in [2.75, 3.05) is 51.7 Å². The van der Waals surface area contributed by atoms with Crippen LogP contribution in [0.15, 0.2) is 115 Å². The van der Waals surface area contributed by atoms with Crippen LogP contribution in [0.2, 0.25) is 0 Å². The number of hydrogen-bond acceptors (Lipinski definition) is 4. The Balaban J connectivity index is 1.20. The van der Waals surface area contributed by atoms with Crippen molar-refractivity contribution in [1.29, 1.82) is 0 Å². The molecule has 1 N–H and O–H groups in total. The Morgan fingerprint density at radius 2 is 1.37 bits per heavy atom. The van der Waals surface area contributed by atoms with Crippen LogP contribution in [0.3, 0.4) is 0 Å². The Morgan fingerprint density at radius 1 is 0.767 bits per heavy atom. The van der Waals surface area contributed by atoms with Crippen LogP contribution in [0, 0.1) is 0 Å². The first-order chi connectivity index (χ1) is 21.1. The number of piperazine rings is 1. The number of nitrogens with zero attached hydrogens (tertiary/aromatic N) is 3. The fourth-order valence-corrected chi connectivity index (χ4v) is 5.63. The molecule has 0 atom stereocenters. The van der Waals surface area contributed by atoms with Crippen LogP contribution in [0.4, 0.5) is 10.5 Å². The molecule has 222 valence electrons. The molecule has 4 aromatic rings. The highest BCUT2D eigenvalue weighted by Crippen LogP contribution is 2.29. The highest BCUT2D eigenvalue weighted by atomic mass is 16.5. The van der Waals surface area contributed by atoms with Gasteiger partial charge in [-0.15, -0.1) is 0 Å². The Hall–Kier alpha value is -4.62. The quantitative estimate of drug-likeness (QED) is 0.235. The van der Waals surface area contributed by atoms with Gasteiger partial charge in [-0.05, 0) is 35.2 Å². The fourth-order valence-electron chi connectivity index (χ4n) is 5.63. The summed E-state index contributed by atoms with van der Waals surface area (Å²) in [6.07, 6.45) is 0.987. The van der Waals surface area contributed by atoms with Gasteiger partial charge < -0.3 is 19.9 Å². The number of carbonyl (C=O) groups excluding carboxylic acids is 2. The van der Waals surface area contributed by atoms with Crippen LogP contribution in [0.25, 0.3) is 0 Å². The van der Waals surface area contributed by atoms with Crippen molar-refractivity contribution in [3.05, 3.63) is 132 Å². The molecule has 3 amide bonds. The van der Waals surface area contributed by atoms with Crippen LogP contribution in [-0.4, -0.2) is 73.0 Å². The molecule has 7 heteroatoms. The number of nitrogens with one attached hydrogen (secondary N) is 1. The molecule has 0 spiro atoms. The second-order valence-corrected chi connectivity index (χ2v) is 10.8. The molecule has 1 fully saturated rings. The maximum absolute atomic E-state index is 13.4. The van der Waals surface area contributed by atoms with Crippen molar-refractivity contribution < 1.29 is 14.3 Å². The minimum atomic E-state index is -0.227. The normalized spacial score (nSPS) is 13.5. The van der Waals surface area contributed by atoms with E-state index in [-0.39, 0.29) is 24.4 Å². The smallest absolute Gasteiger partial charge is 0.321 e. The summed E-state index contributed by atoms with van der Waals surface area (Å²) in [6, 6.07) is 38.4. The number of carbonyl (C=O) groups is 2. The number of rotatable bonds is 11. The zero-order valence-electron chi connectivity index (χ0n) is 24.8. The van der Waals surface area contributed by atoms with Crippen LogP contribution < -0.4 is 10.1 Å². The van der Waals surface area contributed by atoms with Gasteiger partial charge in [-0.25, -0.2) is 4.79 Å². The van der Waals surface area contributed by atoms with Gasteiger partial charge in [0.15, 0.2) is 0 Å². The van der Waals surface area contributed by atoms with Crippen LogP contribution in [0.1, 0.15) is 29.2 Å². The minimum absolute atomic E-state index is 0.0783. The average molecular weight is 577 g/mol. The predicted molar refractivity (Wildman–Crippen MR) is 171 cm³/mol. The third-order valence-corrected chi connectivity index (χ3v) is 7.98. The lowest BCUT2D eigenvalue weighted by atomic mass is 9.96. The zero-order chi connectivity index (χ0) is 29.9. The average Bonchev–Trinajstić information content (AvgIpc) is 3.06. The lowest BCUT2D eigenvalue weighted by Gasteiger charge is -2.40. The summed E-state index contributed by atoms with van der Waals surface area (Å²) in [5.74, 6) is 0.749. The monoisotopic (exact) mass is 576 g/mol. The summed E-state index contributed by atoms with van der Waals surface area (Å²) in [6.45, 7) is 3.75. The largest absolute Gasteiger partial charge is 0.497 e. The summed E-state index contributed by atoms with van der Waals surface area (Å²) in [4.78, 5) is 32.9. The second-order valence-electron chi connectivity index (χ2n) is 10.8. The summed E-state index contributed by atoms with van der Waals surface area (Å²) in [5, 5.41) is 2.98. The van der Waals surface area contributed by atoms with Gasteiger partial charge >= 0.3 is 6.03 Å². The molecule has 0 radical (unpaired) electrons. The van der Waals surface area contributed by atoms with Gasteiger partial charge in [0.25, 0.3) is 0 Å². The van der Waals surface area contributed by atoms with Gasteiger partial charge in [-0.3, -0.25) is 9.69 Å². The molecular weight excluding hydrogens is 536 g/mol. The van der Waals surface area contributed by atoms with Gasteiger partial charge in [0.2, 0.25) is 5.91 Å². The maximum Gasteiger partial charge on any atom is 0.321 e. The first kappa shape index (κ1) is 29.9. The summed E-state index contributed by atoms with van der Waals surface area (Å²) in [5.41, 5.74) is 4.31. The standard InChI is InChI=1S/C36H40N4O3/c1-43-33-19-11-18-32(28-33)37-36(42)40(22-20-29-12-5-2-6-13-29)23-21-34(41)38-24-26-39(27-25-38)35(30-14-7-3-8-15-30)31-16-9-4-10-17-31/h2-19,28,35H,20-27H2,1H3,(H,37,42). The Kier molecular flexibility index (Phi) is 10.4. The predicted octanol–water partition coefficient (Wildman–Crippen LogP) is 6.10. The number of hydrogen-bond donors (Lipinski definition) is 1. The van der Waals surface area contributed by atoms with Gasteiger partial charge in [0.05, 0.1) is 13.2 Å². The van der Waals surface area contributed by atoms with Crippen LogP contribution in [0.5, 0.6) is 5.75 Å². The number of methoxy groups -OCH3 is 1. The van der Waals surface area contributed by atoms with Crippen LogP contribution in [-0.2, 0) is 11.2 Å². The summed E-state index contributed by atoms with van der Waals surface area (Å²) in [7, 11) is 1.60. The van der Waals surface area contributed by atoms with E-state index < -0.39 is 0 Å². The molecule has 0 aromatic heterocycles. The highest BCUT2D eigenvalue weighted by Gasteiger charge is 2.28. The molecule has 43 heavy (non-hydrogen) atoms. The molecule has 0 unspecified atom stereocenters. The van der Waals surface area contributed by atoms with Crippen molar-refractivity contribution >= 4 is 17.6 Å².